The molecule has 0 spiro atoms. The lowest BCUT2D eigenvalue weighted by molar-refractivity contribution is -0.0402. The lowest BCUT2D eigenvalue weighted by Gasteiger charge is -2.32. The highest BCUT2D eigenvalue weighted by atomic mass is 16.5. The summed E-state index contributed by atoms with van der Waals surface area (Å²) in [6.45, 7) is 5.11. The van der Waals surface area contributed by atoms with E-state index < -0.39 is 0 Å². The highest BCUT2D eigenvalue weighted by Crippen LogP contribution is 2.25. The molecule has 4 rings (SSSR count). The van der Waals surface area contributed by atoms with Crippen LogP contribution in [-0.4, -0.2) is 40.2 Å². The van der Waals surface area contributed by atoms with Crippen LogP contribution in [0, 0.1) is 6.92 Å². The number of nitrogens with zero attached hydrogens (tertiary/aromatic N) is 3. The highest BCUT2D eigenvalue weighted by molar-refractivity contribution is 5.80. The Hall–Kier alpha value is -1.52. The van der Waals surface area contributed by atoms with Crippen molar-refractivity contribution in [2.24, 2.45) is 0 Å². The zero-order chi connectivity index (χ0) is 16.4. The van der Waals surface area contributed by atoms with Gasteiger partial charge < -0.3 is 4.74 Å². The summed E-state index contributed by atoms with van der Waals surface area (Å²) in [6.07, 6.45) is 8.52. The summed E-state index contributed by atoms with van der Waals surface area (Å²) in [4.78, 5) is 11.9. The molecule has 128 valence electrons. The Morgan fingerprint density at radius 3 is 2.50 bits per heavy atom. The number of hydrogen-bond acceptors (Lipinski definition) is 4. The van der Waals surface area contributed by atoms with Crippen LogP contribution in [0.25, 0.3) is 10.9 Å². The molecule has 1 aliphatic carbocycles. The van der Waals surface area contributed by atoms with Gasteiger partial charge in [-0.05, 0) is 38.7 Å². The van der Waals surface area contributed by atoms with E-state index in [1.54, 1.807) is 0 Å². The number of aromatic nitrogens is 2. The minimum atomic E-state index is 0.462. The zero-order valence-corrected chi connectivity index (χ0v) is 14.6. The van der Waals surface area contributed by atoms with Crippen molar-refractivity contribution in [2.45, 2.75) is 64.2 Å². The average molecular weight is 325 g/mol. The van der Waals surface area contributed by atoms with Crippen LogP contribution in [0.2, 0.25) is 0 Å². The molecule has 1 aliphatic heterocycles. The molecule has 0 atom stereocenters. The van der Waals surface area contributed by atoms with Crippen molar-refractivity contribution in [3.63, 3.8) is 0 Å². The van der Waals surface area contributed by atoms with Gasteiger partial charge in [0.15, 0.2) is 0 Å². The van der Waals surface area contributed by atoms with Gasteiger partial charge in [0.1, 0.15) is 5.82 Å². The third kappa shape index (κ3) is 3.60. The van der Waals surface area contributed by atoms with E-state index >= 15 is 0 Å². The Labute approximate surface area is 144 Å². The number of piperidine rings is 1. The van der Waals surface area contributed by atoms with E-state index in [9.17, 15) is 0 Å². The van der Waals surface area contributed by atoms with Crippen molar-refractivity contribution in [1.82, 2.24) is 14.9 Å². The van der Waals surface area contributed by atoms with Crippen molar-refractivity contribution >= 4 is 10.9 Å². The van der Waals surface area contributed by atoms with Crippen molar-refractivity contribution in [3.05, 3.63) is 35.8 Å². The Morgan fingerprint density at radius 2 is 1.71 bits per heavy atom. The van der Waals surface area contributed by atoms with Crippen LogP contribution in [0.1, 0.15) is 50.0 Å². The van der Waals surface area contributed by atoms with Crippen LogP contribution >= 0.6 is 0 Å². The first kappa shape index (κ1) is 16.0. The van der Waals surface area contributed by atoms with Crippen LogP contribution in [0.5, 0.6) is 0 Å². The summed E-state index contributed by atoms with van der Waals surface area (Å²) in [5, 5.41) is 1.16. The predicted molar refractivity (Wildman–Crippen MR) is 95.9 cm³/mol. The van der Waals surface area contributed by atoms with E-state index in [-0.39, 0.29) is 0 Å². The smallest absolute Gasteiger partial charge is 0.143 e. The maximum absolute atomic E-state index is 6.27. The van der Waals surface area contributed by atoms with Crippen LogP contribution in [0.3, 0.4) is 0 Å². The molecule has 0 unspecified atom stereocenters. The molecule has 4 nitrogen and oxygen atoms in total. The van der Waals surface area contributed by atoms with Gasteiger partial charge in [-0.3, -0.25) is 4.90 Å². The molecule has 4 heteroatoms. The molecule has 2 heterocycles. The second-order valence-electron chi connectivity index (χ2n) is 7.26. The quantitative estimate of drug-likeness (QED) is 0.855. The first-order chi connectivity index (χ1) is 11.8. The lowest BCUT2D eigenvalue weighted by atomic mass is 10.1. The first-order valence-electron chi connectivity index (χ1n) is 9.38. The fraction of sp³-hybridized carbons (Fsp3) is 0.600. The summed E-state index contributed by atoms with van der Waals surface area (Å²) in [5.74, 6) is 0.946. The predicted octanol–water partition coefficient (Wildman–Crippen LogP) is 3.86. The molecular formula is C20H27N3O. The maximum Gasteiger partial charge on any atom is 0.143 e. The van der Waals surface area contributed by atoms with E-state index in [0.717, 1.165) is 54.9 Å². The Morgan fingerprint density at radius 1 is 1.00 bits per heavy atom. The van der Waals surface area contributed by atoms with Gasteiger partial charge in [-0.25, -0.2) is 9.97 Å². The van der Waals surface area contributed by atoms with E-state index in [0.29, 0.717) is 12.2 Å². The molecule has 0 N–H and O–H groups in total. The number of aryl methyl sites for hydroxylation is 1. The Balaban J connectivity index is 1.35. The fourth-order valence-corrected chi connectivity index (χ4v) is 4.07. The summed E-state index contributed by atoms with van der Waals surface area (Å²) >= 11 is 0. The Kier molecular flexibility index (Phi) is 4.76. The molecule has 0 radical (unpaired) electrons. The van der Waals surface area contributed by atoms with E-state index in [4.69, 9.17) is 14.7 Å². The minimum absolute atomic E-state index is 0.462. The summed E-state index contributed by atoms with van der Waals surface area (Å²) < 4.78 is 6.27. The van der Waals surface area contributed by atoms with Gasteiger partial charge in [0.25, 0.3) is 0 Å². The second-order valence-corrected chi connectivity index (χ2v) is 7.26. The van der Waals surface area contributed by atoms with Crippen LogP contribution < -0.4 is 0 Å². The van der Waals surface area contributed by atoms with Crippen LogP contribution in [-0.2, 0) is 11.3 Å². The molecule has 0 amide bonds. The zero-order valence-electron chi connectivity index (χ0n) is 14.6. The van der Waals surface area contributed by atoms with Crippen LogP contribution in [0.15, 0.2) is 24.3 Å². The molecule has 1 aromatic heterocycles. The highest BCUT2D eigenvalue weighted by Gasteiger charge is 2.25. The normalized spacial score (nSPS) is 20.9. The molecule has 24 heavy (non-hydrogen) atoms. The van der Waals surface area contributed by atoms with Crippen molar-refractivity contribution in [1.29, 1.82) is 0 Å². The number of ether oxygens (including phenoxy) is 1. The van der Waals surface area contributed by atoms with Crippen molar-refractivity contribution in [3.8, 4) is 0 Å². The molecular weight excluding hydrogens is 298 g/mol. The van der Waals surface area contributed by atoms with Gasteiger partial charge in [0.2, 0.25) is 0 Å². The second kappa shape index (κ2) is 7.16. The number of likely N-dealkylation sites (tertiary alicyclic amines) is 1. The van der Waals surface area contributed by atoms with E-state index in [2.05, 4.69) is 24.0 Å². The number of fused-ring (bicyclic) bond motifs is 1. The monoisotopic (exact) mass is 325 g/mol. The molecule has 1 saturated heterocycles. The largest absolute Gasteiger partial charge is 0.375 e. The maximum atomic E-state index is 6.27. The van der Waals surface area contributed by atoms with Gasteiger partial charge in [0.05, 0.1) is 24.3 Å². The summed E-state index contributed by atoms with van der Waals surface area (Å²) in [6, 6.07) is 8.27. The van der Waals surface area contributed by atoms with Gasteiger partial charge in [-0.15, -0.1) is 0 Å². The third-order valence-corrected chi connectivity index (χ3v) is 5.43. The summed E-state index contributed by atoms with van der Waals surface area (Å²) in [5.41, 5.74) is 2.13. The van der Waals surface area contributed by atoms with Gasteiger partial charge in [-0.1, -0.05) is 31.0 Å². The van der Waals surface area contributed by atoms with Crippen molar-refractivity contribution in [2.75, 3.05) is 13.1 Å². The number of rotatable bonds is 4. The standard InChI is InChI=1S/C20H27N3O/c1-15-18-8-4-5-9-19(18)22-20(21-15)14-23-12-10-17(11-13-23)24-16-6-2-3-7-16/h4-5,8-9,16-17H,2-3,6-7,10-14H2,1H3. The number of para-hydroxylation sites is 1. The van der Waals surface area contributed by atoms with E-state index in [1.807, 2.05) is 12.1 Å². The van der Waals surface area contributed by atoms with Gasteiger partial charge >= 0.3 is 0 Å². The third-order valence-electron chi connectivity index (χ3n) is 5.43. The fourth-order valence-electron chi connectivity index (χ4n) is 4.07. The molecule has 1 aromatic carbocycles. The van der Waals surface area contributed by atoms with Crippen LogP contribution in [0.4, 0.5) is 0 Å². The lowest BCUT2D eigenvalue weighted by Crippen LogP contribution is -2.38. The first-order valence-corrected chi connectivity index (χ1v) is 9.38. The average Bonchev–Trinajstić information content (AvgIpc) is 3.10. The van der Waals surface area contributed by atoms with Crippen molar-refractivity contribution < 1.29 is 4.74 Å². The van der Waals surface area contributed by atoms with E-state index in [1.165, 1.54) is 25.7 Å². The van der Waals surface area contributed by atoms with Gasteiger partial charge in [0, 0.05) is 24.2 Å². The van der Waals surface area contributed by atoms with Gasteiger partial charge in [-0.2, -0.15) is 0 Å². The molecule has 2 aromatic rings. The number of hydrogen-bond donors (Lipinski definition) is 0. The SMILES string of the molecule is Cc1nc(CN2CCC(OC3CCCC3)CC2)nc2ccccc12. The molecule has 2 fully saturated rings. The summed E-state index contributed by atoms with van der Waals surface area (Å²) in [7, 11) is 0. The Bertz CT molecular complexity index is 688. The number of benzene rings is 1. The molecule has 0 bridgehead atoms. The topological polar surface area (TPSA) is 38.2 Å². The minimum Gasteiger partial charge on any atom is -0.375 e. The molecule has 1 saturated carbocycles. The molecule has 2 aliphatic rings.